The minimum Gasteiger partial charge on any atom is -0.383 e. The van der Waals surface area contributed by atoms with Crippen LogP contribution in [0.25, 0.3) is 28.0 Å². The fraction of sp³-hybridized carbons (Fsp3) is 0.154. The maximum Gasteiger partial charge on any atom is 0.228 e. The Morgan fingerprint density at radius 2 is 1.56 bits per heavy atom. The van der Waals surface area contributed by atoms with Crippen LogP contribution in [-0.2, 0) is 0 Å². The Balaban J connectivity index is 1.43. The summed E-state index contributed by atoms with van der Waals surface area (Å²) in [6, 6.07) is 17.9. The van der Waals surface area contributed by atoms with E-state index in [4.69, 9.17) is 15.7 Å². The first kappa shape index (κ1) is 21.9. The maximum atomic E-state index is 13.9. The molecule has 0 unspecified atom stereocenters. The normalized spacial score (nSPS) is 13.9. The Labute approximate surface area is 205 Å². The number of anilines is 3. The molecule has 0 bridgehead atoms. The molecule has 36 heavy (non-hydrogen) atoms. The molecular formula is C26H22F2N8. The molecule has 0 amide bonds. The van der Waals surface area contributed by atoms with Crippen molar-refractivity contribution in [1.82, 2.24) is 24.7 Å². The van der Waals surface area contributed by atoms with Crippen molar-refractivity contribution < 1.29 is 8.78 Å². The predicted octanol–water partition coefficient (Wildman–Crippen LogP) is 4.06. The molecule has 1 saturated heterocycles. The van der Waals surface area contributed by atoms with Gasteiger partial charge in [-0.3, -0.25) is 0 Å². The average Bonchev–Trinajstić information content (AvgIpc) is 3.25. The molecule has 180 valence electrons. The molecule has 4 heterocycles. The molecule has 0 spiro atoms. The van der Waals surface area contributed by atoms with Crippen molar-refractivity contribution in [3.63, 3.8) is 0 Å². The van der Waals surface area contributed by atoms with Crippen LogP contribution in [0.5, 0.6) is 0 Å². The van der Waals surface area contributed by atoms with Crippen LogP contribution < -0.4 is 15.5 Å². The largest absolute Gasteiger partial charge is 0.383 e. The van der Waals surface area contributed by atoms with E-state index in [0.29, 0.717) is 47.0 Å². The third kappa shape index (κ3) is 3.96. The number of rotatable bonds is 4. The highest BCUT2D eigenvalue weighted by Gasteiger charge is 2.24. The van der Waals surface area contributed by atoms with Gasteiger partial charge in [-0.25, -0.2) is 23.4 Å². The van der Waals surface area contributed by atoms with E-state index in [1.165, 1.54) is 28.9 Å². The smallest absolute Gasteiger partial charge is 0.228 e. The average molecular weight is 485 g/mol. The number of piperazine rings is 1. The molecule has 1 fully saturated rings. The van der Waals surface area contributed by atoms with E-state index < -0.39 is 5.82 Å². The van der Waals surface area contributed by atoms with Crippen LogP contribution in [0.1, 0.15) is 0 Å². The first-order chi connectivity index (χ1) is 17.6. The van der Waals surface area contributed by atoms with E-state index in [2.05, 4.69) is 19.9 Å². The molecule has 3 aromatic heterocycles. The topological polar surface area (TPSA) is 89.0 Å². The quantitative estimate of drug-likeness (QED) is 0.411. The monoisotopic (exact) mass is 484 g/mol. The van der Waals surface area contributed by atoms with Gasteiger partial charge in [0.15, 0.2) is 5.65 Å². The van der Waals surface area contributed by atoms with E-state index in [0.717, 1.165) is 18.9 Å². The second-order valence-electron chi connectivity index (χ2n) is 8.52. The van der Waals surface area contributed by atoms with Crippen molar-refractivity contribution in [2.75, 3.05) is 41.7 Å². The van der Waals surface area contributed by atoms with Gasteiger partial charge in [-0.2, -0.15) is 4.98 Å². The summed E-state index contributed by atoms with van der Waals surface area (Å²) < 4.78 is 29.1. The zero-order valence-corrected chi connectivity index (χ0v) is 19.2. The van der Waals surface area contributed by atoms with Gasteiger partial charge in [-0.05, 0) is 54.6 Å². The number of fused-ring (bicyclic) bond motifs is 1. The standard InChI is InChI=1S/C26H22F2N8/c27-18-9-7-17(8-10-18)23-22-24(29)36(20-5-3-4-19(28)16-20)33-25(22)32-26(31-23)35-14-12-34(13-15-35)21-6-1-2-11-30-21/h1-11,16H,12-15,29H2. The lowest BCUT2D eigenvalue weighted by Crippen LogP contribution is -2.47. The molecular weight excluding hydrogens is 462 g/mol. The van der Waals surface area contributed by atoms with Gasteiger partial charge in [0, 0.05) is 37.9 Å². The highest BCUT2D eigenvalue weighted by atomic mass is 19.1. The first-order valence-corrected chi connectivity index (χ1v) is 11.6. The van der Waals surface area contributed by atoms with Crippen LogP contribution in [-0.4, -0.2) is 50.9 Å². The van der Waals surface area contributed by atoms with Crippen LogP contribution in [0.4, 0.5) is 26.4 Å². The Morgan fingerprint density at radius 3 is 2.28 bits per heavy atom. The summed E-state index contributed by atoms with van der Waals surface area (Å²) >= 11 is 0. The molecule has 1 aliphatic heterocycles. The van der Waals surface area contributed by atoms with E-state index in [1.807, 2.05) is 18.2 Å². The fourth-order valence-corrected chi connectivity index (χ4v) is 4.44. The summed E-state index contributed by atoms with van der Waals surface area (Å²) in [5.74, 6) is 0.969. The van der Waals surface area contributed by atoms with Gasteiger partial charge in [0.2, 0.25) is 5.95 Å². The predicted molar refractivity (Wildman–Crippen MR) is 135 cm³/mol. The molecule has 0 saturated carbocycles. The minimum atomic E-state index is -0.400. The van der Waals surface area contributed by atoms with Gasteiger partial charge in [-0.15, -0.1) is 5.10 Å². The zero-order valence-electron chi connectivity index (χ0n) is 19.2. The number of nitrogens with two attached hydrogens (primary N) is 1. The summed E-state index contributed by atoms with van der Waals surface area (Å²) in [5.41, 5.74) is 8.58. The fourth-order valence-electron chi connectivity index (χ4n) is 4.44. The van der Waals surface area contributed by atoms with Gasteiger partial charge >= 0.3 is 0 Å². The number of benzene rings is 2. The molecule has 0 aliphatic carbocycles. The third-order valence-corrected chi connectivity index (χ3v) is 6.26. The van der Waals surface area contributed by atoms with Gasteiger partial charge in [0.1, 0.15) is 23.3 Å². The van der Waals surface area contributed by atoms with Crippen LogP contribution in [0.2, 0.25) is 0 Å². The van der Waals surface area contributed by atoms with Crippen LogP contribution >= 0.6 is 0 Å². The Hall–Kier alpha value is -4.60. The van der Waals surface area contributed by atoms with Gasteiger partial charge in [-0.1, -0.05) is 12.1 Å². The molecule has 5 aromatic rings. The van der Waals surface area contributed by atoms with Gasteiger partial charge in [0.25, 0.3) is 0 Å². The number of aromatic nitrogens is 5. The van der Waals surface area contributed by atoms with Crippen molar-refractivity contribution >= 4 is 28.6 Å². The number of nitrogen functional groups attached to an aromatic ring is 1. The van der Waals surface area contributed by atoms with E-state index >= 15 is 0 Å². The van der Waals surface area contributed by atoms with Gasteiger partial charge < -0.3 is 15.5 Å². The Kier molecular flexibility index (Phi) is 5.40. The minimum absolute atomic E-state index is 0.279. The van der Waals surface area contributed by atoms with Crippen molar-refractivity contribution in [3.8, 4) is 16.9 Å². The molecule has 2 aromatic carbocycles. The highest BCUT2D eigenvalue weighted by molar-refractivity contribution is 5.99. The van der Waals surface area contributed by atoms with Crippen molar-refractivity contribution in [2.45, 2.75) is 0 Å². The molecule has 10 heteroatoms. The number of nitrogens with zero attached hydrogens (tertiary/aromatic N) is 7. The molecule has 8 nitrogen and oxygen atoms in total. The zero-order chi connectivity index (χ0) is 24.6. The van der Waals surface area contributed by atoms with E-state index in [-0.39, 0.29) is 11.6 Å². The van der Waals surface area contributed by atoms with E-state index in [9.17, 15) is 8.78 Å². The van der Waals surface area contributed by atoms with Crippen molar-refractivity contribution in [3.05, 3.63) is 84.6 Å². The number of hydrogen-bond donors (Lipinski definition) is 1. The number of hydrogen-bond acceptors (Lipinski definition) is 7. The van der Waals surface area contributed by atoms with Gasteiger partial charge in [0.05, 0.1) is 16.8 Å². The van der Waals surface area contributed by atoms with Crippen LogP contribution in [0.3, 0.4) is 0 Å². The molecule has 6 rings (SSSR count). The lowest BCUT2D eigenvalue weighted by atomic mass is 10.1. The third-order valence-electron chi connectivity index (χ3n) is 6.26. The Bertz CT molecular complexity index is 1530. The lowest BCUT2D eigenvalue weighted by Gasteiger charge is -2.35. The van der Waals surface area contributed by atoms with Crippen molar-refractivity contribution in [2.24, 2.45) is 0 Å². The number of pyridine rings is 1. The summed E-state index contributed by atoms with van der Waals surface area (Å²) in [6.07, 6.45) is 1.78. The van der Waals surface area contributed by atoms with E-state index in [1.54, 1.807) is 30.5 Å². The Morgan fingerprint density at radius 1 is 0.778 bits per heavy atom. The molecule has 2 N–H and O–H groups in total. The number of halogens is 2. The molecule has 0 radical (unpaired) electrons. The van der Waals surface area contributed by atoms with Crippen molar-refractivity contribution in [1.29, 1.82) is 0 Å². The summed E-state index contributed by atoms with van der Waals surface area (Å²) in [5, 5.41) is 5.13. The SMILES string of the molecule is Nc1c2c(-c3ccc(F)cc3)nc(N3CCN(c4ccccn4)CC3)nc2nn1-c1cccc(F)c1. The molecule has 0 atom stereocenters. The lowest BCUT2D eigenvalue weighted by molar-refractivity contribution is 0.625. The summed E-state index contributed by atoms with van der Waals surface area (Å²) in [7, 11) is 0. The summed E-state index contributed by atoms with van der Waals surface area (Å²) in [6.45, 7) is 2.88. The summed E-state index contributed by atoms with van der Waals surface area (Å²) in [4.78, 5) is 18.3. The van der Waals surface area contributed by atoms with Crippen LogP contribution in [0.15, 0.2) is 72.9 Å². The highest BCUT2D eigenvalue weighted by Crippen LogP contribution is 2.34. The second kappa shape index (κ2) is 8.88. The first-order valence-electron chi connectivity index (χ1n) is 11.6. The molecule has 1 aliphatic rings. The van der Waals surface area contributed by atoms with Crippen LogP contribution in [0, 0.1) is 11.6 Å². The maximum absolute atomic E-state index is 13.9. The second-order valence-corrected chi connectivity index (χ2v) is 8.52.